The molecule has 6 nitrogen and oxygen atoms in total. The fourth-order valence-corrected chi connectivity index (χ4v) is 2.34. The lowest BCUT2D eigenvalue weighted by Gasteiger charge is -2.23. The predicted molar refractivity (Wildman–Crippen MR) is 83.4 cm³/mol. The number of carbonyl (C=O) groups excluding carboxylic acids is 1. The summed E-state index contributed by atoms with van der Waals surface area (Å²) in [4.78, 5) is 20.7. The SMILES string of the molecule is Cc1nccc(-c2cccc(NC(=O)C3COCCN3)c2)n1. The summed E-state index contributed by atoms with van der Waals surface area (Å²) < 4.78 is 5.31. The summed E-state index contributed by atoms with van der Waals surface area (Å²) in [5.74, 6) is 0.631. The third-order valence-electron chi connectivity index (χ3n) is 3.44. The van der Waals surface area contributed by atoms with Crippen molar-refractivity contribution in [2.24, 2.45) is 0 Å². The van der Waals surface area contributed by atoms with Gasteiger partial charge in [0.25, 0.3) is 0 Å². The van der Waals surface area contributed by atoms with Crippen molar-refractivity contribution in [3.8, 4) is 11.3 Å². The highest BCUT2D eigenvalue weighted by atomic mass is 16.5. The Labute approximate surface area is 128 Å². The van der Waals surface area contributed by atoms with E-state index in [-0.39, 0.29) is 11.9 Å². The average molecular weight is 298 g/mol. The number of morpholine rings is 1. The summed E-state index contributed by atoms with van der Waals surface area (Å²) in [6.07, 6.45) is 1.73. The van der Waals surface area contributed by atoms with Crippen molar-refractivity contribution in [2.45, 2.75) is 13.0 Å². The van der Waals surface area contributed by atoms with Crippen LogP contribution in [0.4, 0.5) is 5.69 Å². The average Bonchev–Trinajstić information content (AvgIpc) is 2.56. The van der Waals surface area contributed by atoms with Crippen molar-refractivity contribution in [1.29, 1.82) is 0 Å². The molecule has 3 rings (SSSR count). The Morgan fingerprint density at radius 3 is 3.09 bits per heavy atom. The van der Waals surface area contributed by atoms with Gasteiger partial charge in [-0.2, -0.15) is 0 Å². The van der Waals surface area contributed by atoms with Gasteiger partial charge >= 0.3 is 0 Å². The second-order valence-electron chi connectivity index (χ2n) is 5.14. The van der Waals surface area contributed by atoms with Crippen LogP contribution >= 0.6 is 0 Å². The molecule has 1 aliphatic heterocycles. The molecular formula is C16H18N4O2. The molecule has 1 saturated heterocycles. The molecule has 114 valence electrons. The normalized spacial score (nSPS) is 18.0. The smallest absolute Gasteiger partial charge is 0.243 e. The van der Waals surface area contributed by atoms with Crippen LogP contribution in [-0.2, 0) is 9.53 Å². The summed E-state index contributed by atoms with van der Waals surface area (Å²) in [7, 11) is 0. The maximum absolute atomic E-state index is 12.2. The Balaban J connectivity index is 1.75. The fraction of sp³-hybridized carbons (Fsp3) is 0.312. The number of aryl methyl sites for hydroxylation is 1. The van der Waals surface area contributed by atoms with Gasteiger partial charge < -0.3 is 15.4 Å². The van der Waals surface area contributed by atoms with Gasteiger partial charge in [0.05, 0.1) is 18.9 Å². The number of hydrogen-bond acceptors (Lipinski definition) is 5. The lowest BCUT2D eigenvalue weighted by atomic mass is 10.1. The van der Waals surface area contributed by atoms with Gasteiger partial charge in [0.1, 0.15) is 11.9 Å². The van der Waals surface area contributed by atoms with Crippen LogP contribution in [0, 0.1) is 6.92 Å². The monoisotopic (exact) mass is 298 g/mol. The third-order valence-corrected chi connectivity index (χ3v) is 3.44. The Morgan fingerprint density at radius 2 is 2.32 bits per heavy atom. The molecule has 2 heterocycles. The Kier molecular flexibility index (Phi) is 4.41. The van der Waals surface area contributed by atoms with Crippen molar-refractivity contribution in [1.82, 2.24) is 15.3 Å². The molecule has 0 bridgehead atoms. The lowest BCUT2D eigenvalue weighted by molar-refractivity contribution is -0.120. The quantitative estimate of drug-likeness (QED) is 0.895. The molecule has 0 saturated carbocycles. The second-order valence-corrected chi connectivity index (χ2v) is 5.14. The van der Waals surface area contributed by atoms with Gasteiger partial charge in [-0.15, -0.1) is 0 Å². The summed E-state index contributed by atoms with van der Waals surface area (Å²) in [6.45, 7) is 3.59. The van der Waals surface area contributed by atoms with Crippen LogP contribution in [0.2, 0.25) is 0 Å². The van der Waals surface area contributed by atoms with Gasteiger partial charge in [-0.25, -0.2) is 9.97 Å². The molecule has 22 heavy (non-hydrogen) atoms. The largest absolute Gasteiger partial charge is 0.378 e. The zero-order valence-electron chi connectivity index (χ0n) is 12.4. The number of aromatic nitrogens is 2. The number of ether oxygens (including phenoxy) is 1. The molecule has 1 aromatic heterocycles. The fourth-order valence-electron chi connectivity index (χ4n) is 2.34. The van der Waals surface area contributed by atoms with Gasteiger partial charge in [-0.3, -0.25) is 4.79 Å². The van der Waals surface area contributed by atoms with E-state index in [2.05, 4.69) is 20.6 Å². The minimum Gasteiger partial charge on any atom is -0.378 e. The maximum Gasteiger partial charge on any atom is 0.243 e. The topological polar surface area (TPSA) is 76.1 Å². The number of benzene rings is 1. The summed E-state index contributed by atoms with van der Waals surface area (Å²) >= 11 is 0. The first-order valence-electron chi connectivity index (χ1n) is 7.24. The number of hydrogen-bond donors (Lipinski definition) is 2. The first-order valence-corrected chi connectivity index (χ1v) is 7.24. The number of anilines is 1. The van der Waals surface area contributed by atoms with E-state index in [1.54, 1.807) is 6.20 Å². The first kappa shape index (κ1) is 14.6. The number of nitrogens with zero attached hydrogens (tertiary/aromatic N) is 2. The van der Waals surface area contributed by atoms with Crippen LogP contribution in [0.25, 0.3) is 11.3 Å². The molecule has 2 N–H and O–H groups in total. The number of amides is 1. The molecule has 0 radical (unpaired) electrons. The summed E-state index contributed by atoms with van der Waals surface area (Å²) in [6, 6.07) is 9.17. The van der Waals surface area contributed by atoms with Gasteiger partial charge in [0.2, 0.25) is 5.91 Å². The maximum atomic E-state index is 12.2. The van der Waals surface area contributed by atoms with E-state index in [9.17, 15) is 4.79 Å². The van der Waals surface area contributed by atoms with Gasteiger partial charge in [-0.05, 0) is 25.1 Å². The molecule has 6 heteroatoms. The highest BCUT2D eigenvalue weighted by Gasteiger charge is 2.21. The van der Waals surface area contributed by atoms with E-state index in [0.29, 0.717) is 19.8 Å². The summed E-state index contributed by atoms with van der Waals surface area (Å²) in [5.41, 5.74) is 2.52. The molecule has 1 fully saturated rings. The third kappa shape index (κ3) is 3.47. The van der Waals surface area contributed by atoms with Crippen LogP contribution in [0.3, 0.4) is 0 Å². The Bertz CT molecular complexity index is 669. The number of nitrogens with one attached hydrogen (secondary N) is 2. The van der Waals surface area contributed by atoms with Crippen LogP contribution in [0.1, 0.15) is 5.82 Å². The molecule has 0 aliphatic carbocycles. The van der Waals surface area contributed by atoms with E-state index < -0.39 is 0 Å². The molecular weight excluding hydrogens is 280 g/mol. The number of carbonyl (C=O) groups is 1. The molecule has 0 spiro atoms. The second kappa shape index (κ2) is 6.64. The zero-order chi connectivity index (χ0) is 15.4. The zero-order valence-corrected chi connectivity index (χ0v) is 12.4. The molecule has 1 aliphatic rings. The summed E-state index contributed by atoms with van der Waals surface area (Å²) in [5, 5.41) is 6.05. The molecule has 2 aromatic rings. The van der Waals surface area contributed by atoms with Gasteiger partial charge in [-0.1, -0.05) is 12.1 Å². The number of rotatable bonds is 3. The van der Waals surface area contributed by atoms with Crippen LogP contribution in [0.5, 0.6) is 0 Å². The highest BCUT2D eigenvalue weighted by Crippen LogP contribution is 2.20. The lowest BCUT2D eigenvalue weighted by Crippen LogP contribution is -2.48. The molecule has 1 amide bonds. The van der Waals surface area contributed by atoms with Crippen LogP contribution in [0.15, 0.2) is 36.5 Å². The van der Waals surface area contributed by atoms with Crippen LogP contribution < -0.4 is 10.6 Å². The predicted octanol–water partition coefficient (Wildman–Crippen LogP) is 1.38. The van der Waals surface area contributed by atoms with E-state index in [4.69, 9.17) is 4.74 Å². The van der Waals surface area contributed by atoms with Crippen molar-refractivity contribution in [3.05, 3.63) is 42.4 Å². The molecule has 1 atom stereocenters. The van der Waals surface area contributed by atoms with Crippen molar-refractivity contribution < 1.29 is 9.53 Å². The van der Waals surface area contributed by atoms with E-state index in [0.717, 1.165) is 22.8 Å². The Morgan fingerprint density at radius 1 is 1.41 bits per heavy atom. The van der Waals surface area contributed by atoms with Gasteiger partial charge in [0, 0.05) is 24.0 Å². The minimum absolute atomic E-state index is 0.0873. The van der Waals surface area contributed by atoms with E-state index in [1.165, 1.54) is 0 Å². The molecule has 1 aromatic carbocycles. The van der Waals surface area contributed by atoms with E-state index >= 15 is 0 Å². The van der Waals surface area contributed by atoms with Crippen LogP contribution in [-0.4, -0.2) is 41.7 Å². The molecule has 1 unspecified atom stereocenters. The van der Waals surface area contributed by atoms with Crippen molar-refractivity contribution in [2.75, 3.05) is 25.1 Å². The Hall–Kier alpha value is -2.31. The van der Waals surface area contributed by atoms with Crippen molar-refractivity contribution >= 4 is 11.6 Å². The van der Waals surface area contributed by atoms with Gasteiger partial charge in [0.15, 0.2) is 0 Å². The standard InChI is InChI=1S/C16H18N4O2/c1-11-17-6-5-14(19-11)12-3-2-4-13(9-12)20-16(21)15-10-22-8-7-18-15/h2-6,9,15,18H,7-8,10H2,1H3,(H,20,21). The minimum atomic E-state index is -0.307. The first-order chi connectivity index (χ1) is 10.7. The highest BCUT2D eigenvalue weighted by molar-refractivity contribution is 5.95. The van der Waals surface area contributed by atoms with Crippen molar-refractivity contribution in [3.63, 3.8) is 0 Å². The van der Waals surface area contributed by atoms with E-state index in [1.807, 2.05) is 37.3 Å².